The predicted octanol–water partition coefficient (Wildman–Crippen LogP) is 31.5. The van der Waals surface area contributed by atoms with Crippen molar-refractivity contribution in [2.45, 2.75) is 0 Å². The maximum atomic E-state index is 16.6. The van der Waals surface area contributed by atoms with Crippen LogP contribution in [0, 0.1) is 17.5 Å². The number of halogens is 5. The van der Waals surface area contributed by atoms with Crippen LogP contribution in [0.4, 0.5) is 58.7 Å². The molecule has 0 aliphatic rings. The minimum Gasteiger partial charge on any atom is -0.353 e. The largest absolute Gasteiger partial charge is 0.353 e. The highest BCUT2D eigenvalue weighted by molar-refractivity contribution is 9.11. The lowest BCUT2D eigenvalue weighted by Gasteiger charge is -2.31. The molecule has 8 heteroatoms. The fraction of sp³-hybridized carbons (Fsp3) is 0. The third-order valence-corrected chi connectivity index (χ3v) is 22.4. The standard InChI is InChI=1S/C64H42F2N2.C24H18FN.C16H8Br2/c65-55-25-13-15-27-61(55)67(59-39-33-49(43-17-5-1-6-18-43)41-53(59)45-21-9-3-10-22-45)57-37-31-47-30-36-52-58(38-32-48-29-35-51(57)63(47)64(48)52)68(62-28-16-14-26-56(62)66)60-40-34-50(44-19-7-2-8-20-44)42-54(60)46-23-11-4-12-24-46;25-22-13-7-8-14-24(22)26-23-16-15-20(18-9-3-1-4-10-18)17-21(23)19-11-5-2-6-12-19;17-13-8-4-10-2-6-12-14(18)7-3-9-1-5-11(13)16(10)15(9)12/h1-42H;1-17,26H;1-8H. The summed E-state index contributed by atoms with van der Waals surface area (Å²) in [6.45, 7) is 0. The Kier molecular flexibility index (Phi) is 19.4. The van der Waals surface area contributed by atoms with Gasteiger partial charge in [-0.1, -0.05) is 341 Å². The molecule has 112 heavy (non-hydrogen) atoms. The Morgan fingerprint density at radius 1 is 0.196 bits per heavy atom. The molecule has 0 fully saturated rings. The van der Waals surface area contributed by atoms with Gasteiger partial charge in [0.15, 0.2) is 0 Å². The minimum absolute atomic E-state index is 0.265. The van der Waals surface area contributed by atoms with Crippen LogP contribution in [0.15, 0.2) is 415 Å². The van der Waals surface area contributed by atoms with E-state index in [9.17, 15) is 4.39 Å². The summed E-state index contributed by atoms with van der Waals surface area (Å²) in [4.78, 5) is 4.15. The zero-order chi connectivity index (χ0) is 75.6. The van der Waals surface area contributed by atoms with Crippen molar-refractivity contribution in [2.75, 3.05) is 15.1 Å². The molecule has 0 saturated heterocycles. The van der Waals surface area contributed by atoms with Crippen LogP contribution in [-0.4, -0.2) is 0 Å². The van der Waals surface area contributed by atoms with E-state index in [1.165, 1.54) is 50.5 Å². The molecular weight excluding hydrogens is 1510 g/mol. The molecule has 0 atom stereocenters. The van der Waals surface area contributed by atoms with E-state index in [0.717, 1.165) is 136 Å². The second-order valence-electron chi connectivity index (χ2n) is 27.7. The Morgan fingerprint density at radius 3 is 0.866 bits per heavy atom. The van der Waals surface area contributed by atoms with Crippen LogP contribution >= 0.6 is 31.9 Å². The third-order valence-electron chi connectivity index (χ3n) is 21.1. The fourth-order valence-corrected chi connectivity index (χ4v) is 16.7. The first-order valence-corrected chi connectivity index (χ1v) is 38.8. The average Bonchev–Trinajstić information content (AvgIpc) is 0.709. The van der Waals surface area contributed by atoms with Gasteiger partial charge >= 0.3 is 0 Å². The van der Waals surface area contributed by atoms with Crippen molar-refractivity contribution < 1.29 is 13.2 Å². The van der Waals surface area contributed by atoms with E-state index in [0.29, 0.717) is 17.1 Å². The van der Waals surface area contributed by atoms with Gasteiger partial charge in [0.25, 0.3) is 0 Å². The lowest BCUT2D eigenvalue weighted by atomic mass is 9.91. The zero-order valence-corrected chi connectivity index (χ0v) is 63.6. The lowest BCUT2D eigenvalue weighted by Crippen LogP contribution is -2.14. The van der Waals surface area contributed by atoms with E-state index in [1.54, 1.807) is 24.3 Å². The highest BCUT2D eigenvalue weighted by atomic mass is 79.9. The maximum absolute atomic E-state index is 16.6. The summed E-state index contributed by atoms with van der Waals surface area (Å²) in [5, 5.41) is 17.2. The van der Waals surface area contributed by atoms with Gasteiger partial charge in [-0.05, 0) is 201 Å². The number of hydrogen-bond donors (Lipinski definition) is 1. The molecule has 0 unspecified atom stereocenters. The second-order valence-corrected chi connectivity index (χ2v) is 29.4. The van der Waals surface area contributed by atoms with Crippen molar-refractivity contribution in [1.82, 2.24) is 0 Å². The summed E-state index contributed by atoms with van der Waals surface area (Å²) in [6, 6.07) is 136. The smallest absolute Gasteiger partial charge is 0.147 e. The molecule has 0 aromatic heterocycles. The summed E-state index contributed by atoms with van der Waals surface area (Å²) in [6.07, 6.45) is 0. The van der Waals surface area contributed by atoms with E-state index < -0.39 is 0 Å². The van der Waals surface area contributed by atoms with Gasteiger partial charge in [0.05, 0.1) is 39.8 Å². The number of nitrogens with one attached hydrogen (secondary N) is 1. The first kappa shape index (κ1) is 70.3. The van der Waals surface area contributed by atoms with E-state index in [1.807, 2.05) is 146 Å². The van der Waals surface area contributed by atoms with Crippen LogP contribution in [-0.2, 0) is 0 Å². The van der Waals surface area contributed by atoms with Gasteiger partial charge in [-0.25, -0.2) is 13.2 Å². The molecule has 3 nitrogen and oxygen atoms in total. The Hall–Kier alpha value is -13.4. The van der Waals surface area contributed by atoms with Gasteiger partial charge < -0.3 is 15.1 Å². The molecule has 0 amide bonds. The number of para-hydroxylation sites is 3. The monoisotopic (exact) mass is 1570 g/mol. The highest BCUT2D eigenvalue weighted by Gasteiger charge is 2.28. The van der Waals surface area contributed by atoms with Gasteiger partial charge in [-0.3, -0.25) is 0 Å². The van der Waals surface area contributed by atoms with Crippen molar-refractivity contribution in [3.8, 4) is 66.8 Å². The second kappa shape index (κ2) is 30.9. The number of hydrogen-bond acceptors (Lipinski definition) is 3. The van der Waals surface area contributed by atoms with E-state index >= 15 is 8.78 Å². The normalized spacial score (nSPS) is 11.3. The highest BCUT2D eigenvalue weighted by Crippen LogP contribution is 2.52. The summed E-state index contributed by atoms with van der Waals surface area (Å²) in [5.74, 6) is -0.932. The maximum Gasteiger partial charge on any atom is 0.147 e. The van der Waals surface area contributed by atoms with Gasteiger partial charge in [0, 0.05) is 42.1 Å². The van der Waals surface area contributed by atoms with Crippen LogP contribution in [0.25, 0.3) is 131 Å². The van der Waals surface area contributed by atoms with Gasteiger partial charge in [-0.2, -0.15) is 0 Å². The van der Waals surface area contributed by atoms with Crippen molar-refractivity contribution in [3.63, 3.8) is 0 Å². The first-order chi connectivity index (χ1) is 55.1. The van der Waals surface area contributed by atoms with Crippen LogP contribution < -0.4 is 15.1 Å². The SMILES string of the molecule is Brc1ccc2ccc3c(Br)ccc4ccc1c2c43.Fc1ccccc1N(c1ccc(-c2ccccc2)cc1-c1ccccc1)c1ccc2ccc3c(N(c4ccccc4F)c4ccc(-c5ccccc5)cc4-c4ccccc4)ccc4ccc1c2c43.Fc1ccccc1Nc1ccc(-c2ccccc2)cc1-c1ccccc1. The molecule has 20 rings (SSSR count). The van der Waals surface area contributed by atoms with Gasteiger partial charge in [0.2, 0.25) is 0 Å². The van der Waals surface area contributed by atoms with Gasteiger partial charge in [-0.15, -0.1) is 0 Å². The molecule has 0 saturated carbocycles. The van der Waals surface area contributed by atoms with Crippen LogP contribution in [0.3, 0.4) is 0 Å². The van der Waals surface area contributed by atoms with E-state index in [2.05, 4.69) is 265 Å². The molecule has 20 aromatic carbocycles. The quantitative estimate of drug-likeness (QED) is 0.110. The van der Waals surface area contributed by atoms with Crippen molar-refractivity contribution in [1.29, 1.82) is 0 Å². The van der Waals surface area contributed by atoms with Crippen LogP contribution in [0.2, 0.25) is 0 Å². The minimum atomic E-state index is -0.334. The van der Waals surface area contributed by atoms with E-state index in [-0.39, 0.29) is 17.5 Å². The number of nitrogens with zero attached hydrogens (tertiary/aromatic N) is 2. The molecule has 0 spiro atoms. The molecule has 20 aromatic rings. The van der Waals surface area contributed by atoms with E-state index in [4.69, 9.17) is 0 Å². The van der Waals surface area contributed by atoms with Crippen LogP contribution in [0.1, 0.15) is 0 Å². The lowest BCUT2D eigenvalue weighted by molar-refractivity contribution is 0.628. The topological polar surface area (TPSA) is 18.5 Å². The number of rotatable bonds is 14. The third kappa shape index (κ3) is 13.6. The number of anilines is 8. The molecule has 0 aliphatic carbocycles. The summed E-state index contributed by atoms with van der Waals surface area (Å²) < 4.78 is 49.6. The molecular formula is C104H68Br2F3N3. The Labute approximate surface area is 665 Å². The average molecular weight is 1580 g/mol. The van der Waals surface area contributed by atoms with Crippen molar-refractivity contribution >= 4 is 142 Å². The molecule has 1 N–H and O–H groups in total. The Bertz CT molecular complexity index is 6460. The van der Waals surface area contributed by atoms with Crippen molar-refractivity contribution in [3.05, 3.63) is 433 Å². The first-order valence-electron chi connectivity index (χ1n) is 37.2. The summed E-state index contributed by atoms with van der Waals surface area (Å²) >= 11 is 7.30. The van der Waals surface area contributed by atoms with Gasteiger partial charge in [0.1, 0.15) is 17.5 Å². The summed E-state index contributed by atoms with van der Waals surface area (Å²) in [7, 11) is 0. The summed E-state index contributed by atoms with van der Waals surface area (Å²) in [5.41, 5.74) is 18.3. The fourth-order valence-electron chi connectivity index (χ4n) is 15.7. The Morgan fingerprint density at radius 2 is 0.482 bits per heavy atom. The van der Waals surface area contributed by atoms with Crippen molar-refractivity contribution in [2.24, 2.45) is 0 Å². The number of benzene rings is 20. The molecule has 0 heterocycles. The molecule has 0 aliphatic heterocycles. The molecule has 0 bridgehead atoms. The zero-order valence-electron chi connectivity index (χ0n) is 60.5. The predicted molar refractivity (Wildman–Crippen MR) is 474 cm³/mol. The molecule has 0 radical (unpaired) electrons. The molecule has 534 valence electrons. The van der Waals surface area contributed by atoms with Crippen LogP contribution in [0.5, 0.6) is 0 Å². The Balaban J connectivity index is 0.000000160.